The van der Waals surface area contributed by atoms with E-state index in [1.807, 2.05) is 20.8 Å². The van der Waals surface area contributed by atoms with Gasteiger partial charge in [-0.05, 0) is 43.2 Å². The first-order valence-electron chi connectivity index (χ1n) is 7.19. The van der Waals surface area contributed by atoms with Gasteiger partial charge in [0.05, 0.1) is 11.2 Å². The third kappa shape index (κ3) is 4.30. The van der Waals surface area contributed by atoms with Crippen LogP contribution in [0, 0.1) is 11.7 Å². The second-order valence-electron chi connectivity index (χ2n) is 5.90. The normalized spacial score (nSPS) is 13.3. The molecule has 7 heteroatoms. The van der Waals surface area contributed by atoms with Crippen LogP contribution >= 0.6 is 12.4 Å². The summed E-state index contributed by atoms with van der Waals surface area (Å²) in [5.74, 6) is -0.378. The van der Waals surface area contributed by atoms with Gasteiger partial charge in [0.1, 0.15) is 11.5 Å². The van der Waals surface area contributed by atoms with Crippen LogP contribution in [0.2, 0.25) is 0 Å². The standard InChI is InChI=1S/C16H21FN4O.ClH/c1-10(2)16(3,9-18)19-15(22)14-8-13(20-21-14)11-4-6-12(17)7-5-11;/h4-8,10H,9,18H2,1-3H3,(H,19,22)(H,20,21);1H. The topological polar surface area (TPSA) is 83.8 Å². The summed E-state index contributed by atoms with van der Waals surface area (Å²) < 4.78 is 12.9. The molecule has 0 aliphatic rings. The van der Waals surface area contributed by atoms with Gasteiger partial charge in [0.15, 0.2) is 0 Å². The lowest BCUT2D eigenvalue weighted by atomic mass is 9.88. The molecule has 0 saturated heterocycles. The van der Waals surface area contributed by atoms with Crippen molar-refractivity contribution in [1.82, 2.24) is 15.5 Å². The summed E-state index contributed by atoms with van der Waals surface area (Å²) >= 11 is 0. The van der Waals surface area contributed by atoms with Crippen LogP contribution < -0.4 is 11.1 Å². The number of carbonyl (C=O) groups excluding carboxylic acids is 1. The largest absolute Gasteiger partial charge is 0.344 e. The lowest BCUT2D eigenvalue weighted by Crippen LogP contribution is -2.55. The molecule has 5 nitrogen and oxygen atoms in total. The van der Waals surface area contributed by atoms with Crippen LogP contribution in [0.1, 0.15) is 31.3 Å². The Morgan fingerprint density at radius 2 is 2.00 bits per heavy atom. The van der Waals surface area contributed by atoms with Crippen molar-refractivity contribution in [3.05, 3.63) is 41.8 Å². The fraction of sp³-hybridized carbons (Fsp3) is 0.375. The van der Waals surface area contributed by atoms with E-state index in [9.17, 15) is 9.18 Å². The zero-order valence-electron chi connectivity index (χ0n) is 13.4. The molecule has 1 atom stereocenters. The number of hydrogen-bond acceptors (Lipinski definition) is 3. The highest BCUT2D eigenvalue weighted by Crippen LogP contribution is 2.19. The number of nitrogens with zero attached hydrogens (tertiary/aromatic N) is 1. The average molecular weight is 341 g/mol. The minimum atomic E-state index is -0.488. The Hall–Kier alpha value is -1.92. The quantitative estimate of drug-likeness (QED) is 0.782. The maximum absolute atomic E-state index is 12.9. The van der Waals surface area contributed by atoms with Crippen molar-refractivity contribution in [2.45, 2.75) is 26.3 Å². The van der Waals surface area contributed by atoms with Crippen LogP contribution in [0.15, 0.2) is 30.3 Å². The van der Waals surface area contributed by atoms with Gasteiger partial charge in [-0.1, -0.05) is 13.8 Å². The van der Waals surface area contributed by atoms with Crippen LogP contribution in [0.4, 0.5) is 4.39 Å². The van der Waals surface area contributed by atoms with Gasteiger partial charge in [-0.3, -0.25) is 9.89 Å². The summed E-state index contributed by atoms with van der Waals surface area (Å²) in [6.07, 6.45) is 0. The summed E-state index contributed by atoms with van der Waals surface area (Å²) in [4.78, 5) is 12.3. The smallest absolute Gasteiger partial charge is 0.269 e. The molecule has 0 fully saturated rings. The maximum atomic E-state index is 12.9. The minimum Gasteiger partial charge on any atom is -0.344 e. The molecule has 23 heavy (non-hydrogen) atoms. The zero-order valence-corrected chi connectivity index (χ0v) is 14.2. The third-order valence-electron chi connectivity index (χ3n) is 4.06. The monoisotopic (exact) mass is 340 g/mol. The first kappa shape index (κ1) is 19.1. The number of rotatable bonds is 5. The van der Waals surface area contributed by atoms with E-state index in [0.717, 1.165) is 5.56 Å². The maximum Gasteiger partial charge on any atom is 0.269 e. The summed E-state index contributed by atoms with van der Waals surface area (Å²) in [6.45, 7) is 6.26. The summed E-state index contributed by atoms with van der Waals surface area (Å²) in [5, 5.41) is 9.74. The van der Waals surface area contributed by atoms with Crippen molar-refractivity contribution in [3.8, 4) is 11.3 Å². The molecule has 0 aliphatic heterocycles. The molecule has 0 spiro atoms. The van der Waals surface area contributed by atoms with Gasteiger partial charge in [-0.15, -0.1) is 12.4 Å². The highest BCUT2D eigenvalue weighted by molar-refractivity contribution is 5.93. The van der Waals surface area contributed by atoms with Gasteiger partial charge in [0.2, 0.25) is 0 Å². The summed E-state index contributed by atoms with van der Waals surface area (Å²) in [5.41, 5.74) is 6.95. The molecule has 1 unspecified atom stereocenters. The van der Waals surface area contributed by atoms with Crippen LogP contribution in [0.3, 0.4) is 0 Å². The van der Waals surface area contributed by atoms with Crippen molar-refractivity contribution in [2.24, 2.45) is 11.7 Å². The van der Waals surface area contributed by atoms with E-state index in [-0.39, 0.29) is 30.0 Å². The van der Waals surface area contributed by atoms with Crippen molar-refractivity contribution in [1.29, 1.82) is 0 Å². The minimum absolute atomic E-state index is 0. The Morgan fingerprint density at radius 3 is 2.52 bits per heavy atom. The molecule has 0 bridgehead atoms. The summed E-state index contributed by atoms with van der Waals surface area (Å²) in [7, 11) is 0. The Kier molecular flexibility index (Phi) is 6.29. The number of amides is 1. The molecule has 0 radical (unpaired) electrons. The Bertz CT molecular complexity index is 656. The van der Waals surface area contributed by atoms with E-state index >= 15 is 0 Å². The number of carbonyl (C=O) groups is 1. The van der Waals surface area contributed by atoms with Gasteiger partial charge in [0.25, 0.3) is 5.91 Å². The van der Waals surface area contributed by atoms with Crippen molar-refractivity contribution >= 4 is 18.3 Å². The number of aromatic nitrogens is 2. The number of nitrogens with one attached hydrogen (secondary N) is 2. The SMILES string of the molecule is CC(C)C(C)(CN)NC(=O)c1cc(-c2ccc(F)cc2)n[nH]1.Cl. The number of halogens is 2. The highest BCUT2D eigenvalue weighted by atomic mass is 35.5. The molecule has 1 amide bonds. The zero-order chi connectivity index (χ0) is 16.3. The highest BCUT2D eigenvalue weighted by Gasteiger charge is 2.29. The fourth-order valence-electron chi connectivity index (χ4n) is 1.96. The fourth-order valence-corrected chi connectivity index (χ4v) is 1.96. The van der Waals surface area contributed by atoms with Gasteiger partial charge in [0, 0.05) is 12.1 Å². The lowest BCUT2D eigenvalue weighted by Gasteiger charge is -2.33. The number of benzene rings is 1. The van der Waals surface area contributed by atoms with E-state index in [1.54, 1.807) is 18.2 Å². The number of H-pyrrole nitrogens is 1. The molecular formula is C16H22ClFN4O. The van der Waals surface area contributed by atoms with Crippen LogP contribution in [-0.2, 0) is 0 Å². The van der Waals surface area contributed by atoms with Crippen LogP contribution in [-0.4, -0.2) is 28.2 Å². The Balaban J connectivity index is 0.00000264. The number of aromatic amines is 1. The predicted octanol–water partition coefficient (Wildman–Crippen LogP) is 2.74. The molecule has 2 rings (SSSR count). The molecule has 4 N–H and O–H groups in total. The Morgan fingerprint density at radius 1 is 1.39 bits per heavy atom. The van der Waals surface area contributed by atoms with Crippen LogP contribution in [0.25, 0.3) is 11.3 Å². The predicted molar refractivity (Wildman–Crippen MR) is 91.0 cm³/mol. The summed E-state index contributed by atoms with van der Waals surface area (Å²) in [6, 6.07) is 7.58. The number of hydrogen-bond donors (Lipinski definition) is 3. The van der Waals surface area contributed by atoms with Gasteiger partial charge in [-0.25, -0.2) is 4.39 Å². The molecule has 2 aromatic rings. The molecule has 126 valence electrons. The van der Waals surface area contributed by atoms with Gasteiger partial charge >= 0.3 is 0 Å². The van der Waals surface area contributed by atoms with E-state index in [0.29, 0.717) is 17.9 Å². The molecule has 0 saturated carbocycles. The first-order valence-corrected chi connectivity index (χ1v) is 7.19. The molecule has 1 heterocycles. The lowest BCUT2D eigenvalue weighted by molar-refractivity contribution is 0.0878. The van der Waals surface area contributed by atoms with Crippen LogP contribution in [0.5, 0.6) is 0 Å². The van der Waals surface area contributed by atoms with E-state index in [1.165, 1.54) is 12.1 Å². The Labute approximate surface area is 141 Å². The van der Waals surface area contributed by atoms with Gasteiger partial charge < -0.3 is 11.1 Å². The second kappa shape index (κ2) is 7.57. The molecule has 1 aromatic carbocycles. The average Bonchev–Trinajstić information content (AvgIpc) is 2.97. The number of nitrogens with two attached hydrogens (primary N) is 1. The first-order chi connectivity index (χ1) is 10.4. The molecule has 1 aromatic heterocycles. The van der Waals surface area contributed by atoms with E-state index in [4.69, 9.17) is 5.73 Å². The van der Waals surface area contributed by atoms with Crippen molar-refractivity contribution in [2.75, 3.05) is 6.54 Å². The third-order valence-corrected chi connectivity index (χ3v) is 4.06. The molecule has 0 aliphatic carbocycles. The van der Waals surface area contributed by atoms with Crippen molar-refractivity contribution < 1.29 is 9.18 Å². The van der Waals surface area contributed by atoms with Gasteiger partial charge in [-0.2, -0.15) is 5.10 Å². The second-order valence-corrected chi connectivity index (χ2v) is 5.90. The van der Waals surface area contributed by atoms with E-state index in [2.05, 4.69) is 15.5 Å². The van der Waals surface area contributed by atoms with Crippen molar-refractivity contribution in [3.63, 3.8) is 0 Å². The molecular weight excluding hydrogens is 319 g/mol. The van der Waals surface area contributed by atoms with E-state index < -0.39 is 5.54 Å².